The quantitative estimate of drug-likeness (QED) is 0.415. The van der Waals surface area contributed by atoms with Crippen LogP contribution in [-0.4, -0.2) is 50.6 Å². The van der Waals surface area contributed by atoms with Gasteiger partial charge < -0.3 is 19.0 Å². The molecule has 0 spiro atoms. The molecule has 0 unspecified atom stereocenters. The smallest absolute Gasteiger partial charge is 0.277 e. The highest BCUT2D eigenvalue weighted by atomic mass is 32.2. The molecule has 1 aliphatic heterocycles. The van der Waals surface area contributed by atoms with E-state index in [0.29, 0.717) is 11.3 Å². The number of likely N-dealkylation sites (tertiary alicyclic amines) is 1. The zero-order chi connectivity index (χ0) is 21.8. The van der Waals surface area contributed by atoms with E-state index in [4.69, 9.17) is 9.15 Å². The molecule has 1 aromatic carbocycles. The zero-order valence-electron chi connectivity index (χ0n) is 16.8. The van der Waals surface area contributed by atoms with Gasteiger partial charge in [-0.3, -0.25) is 9.59 Å². The molecule has 162 valence electrons. The number of H-pyrrole nitrogens is 1. The molecule has 31 heavy (non-hydrogen) atoms. The van der Waals surface area contributed by atoms with Gasteiger partial charge in [0.15, 0.2) is 23.5 Å². The Kier molecular flexibility index (Phi) is 6.36. The molecule has 2 aromatic heterocycles. The van der Waals surface area contributed by atoms with Crippen LogP contribution in [0.3, 0.4) is 0 Å². The number of Topliss-reactive ketones (excluding diaryl/α,β-unsaturated/α-hetero) is 1. The molecule has 0 bridgehead atoms. The van der Waals surface area contributed by atoms with Gasteiger partial charge in [-0.2, -0.15) is 0 Å². The van der Waals surface area contributed by atoms with Crippen molar-refractivity contribution in [2.24, 2.45) is 0 Å². The fourth-order valence-electron chi connectivity index (χ4n) is 3.20. The van der Waals surface area contributed by atoms with Crippen molar-refractivity contribution < 1.29 is 23.1 Å². The number of benzene rings is 1. The standard InChI is InChI=1S/C21H21FN4O4S/c1-13(29-18-7-3-2-6-15(18)22)19-24-25-21(30-19)31-12-17(27)14-10-16(23-11-14)20(28)26-8-4-5-9-26/h2-3,6-7,10-11,13,23H,4-5,8-9,12H2,1H3/t13-/m1/s1. The van der Waals surface area contributed by atoms with E-state index < -0.39 is 11.9 Å². The Morgan fingerprint density at radius 1 is 1.29 bits per heavy atom. The minimum atomic E-state index is -0.654. The van der Waals surface area contributed by atoms with E-state index in [2.05, 4.69) is 15.2 Å². The van der Waals surface area contributed by atoms with E-state index in [1.165, 1.54) is 18.3 Å². The lowest BCUT2D eigenvalue weighted by molar-refractivity contribution is 0.0787. The molecule has 8 nitrogen and oxygen atoms in total. The summed E-state index contributed by atoms with van der Waals surface area (Å²) in [6.45, 7) is 3.16. The van der Waals surface area contributed by atoms with Crippen LogP contribution in [0, 0.1) is 5.82 Å². The first-order chi connectivity index (χ1) is 15.0. The first-order valence-electron chi connectivity index (χ1n) is 9.89. The molecule has 1 atom stereocenters. The maximum atomic E-state index is 13.7. The lowest BCUT2D eigenvalue weighted by Gasteiger charge is -2.13. The number of rotatable bonds is 8. The van der Waals surface area contributed by atoms with Crippen LogP contribution in [0.1, 0.15) is 52.6 Å². The Morgan fingerprint density at radius 2 is 2.06 bits per heavy atom. The molecule has 4 rings (SSSR count). The number of amides is 1. The third-order valence-electron chi connectivity index (χ3n) is 4.87. The molecule has 1 amide bonds. The molecule has 0 saturated carbocycles. The number of ether oxygens (including phenoxy) is 1. The molecule has 3 aromatic rings. The first-order valence-corrected chi connectivity index (χ1v) is 10.9. The van der Waals surface area contributed by atoms with E-state index in [1.54, 1.807) is 30.0 Å². The van der Waals surface area contributed by atoms with E-state index >= 15 is 0 Å². The Labute approximate surface area is 182 Å². The van der Waals surface area contributed by atoms with Gasteiger partial charge in [0.1, 0.15) is 5.69 Å². The summed E-state index contributed by atoms with van der Waals surface area (Å²) in [6.07, 6.45) is 2.89. The Bertz CT molecular complexity index is 1080. The lowest BCUT2D eigenvalue weighted by Crippen LogP contribution is -2.27. The Hall–Kier alpha value is -3.14. The third-order valence-corrected chi connectivity index (χ3v) is 5.68. The molecule has 0 radical (unpaired) electrons. The van der Waals surface area contributed by atoms with Crippen molar-refractivity contribution in [3.63, 3.8) is 0 Å². The van der Waals surface area contributed by atoms with E-state index in [9.17, 15) is 14.0 Å². The largest absolute Gasteiger partial charge is 0.478 e. The van der Waals surface area contributed by atoms with Crippen LogP contribution >= 0.6 is 11.8 Å². The van der Waals surface area contributed by atoms with Crippen molar-refractivity contribution in [2.75, 3.05) is 18.8 Å². The lowest BCUT2D eigenvalue weighted by atomic mass is 10.2. The number of hydrogen-bond donors (Lipinski definition) is 1. The molecule has 1 aliphatic rings. The SMILES string of the molecule is C[C@@H](Oc1ccccc1F)c1nnc(SCC(=O)c2c[nH]c(C(=O)N3CCCC3)c2)o1. The van der Waals surface area contributed by atoms with Crippen molar-refractivity contribution in [3.05, 3.63) is 59.5 Å². The highest BCUT2D eigenvalue weighted by molar-refractivity contribution is 7.99. The van der Waals surface area contributed by atoms with Gasteiger partial charge in [-0.25, -0.2) is 4.39 Å². The topological polar surface area (TPSA) is 101 Å². The summed E-state index contributed by atoms with van der Waals surface area (Å²) in [5, 5.41) is 8.02. The number of para-hydroxylation sites is 1. The molecular weight excluding hydrogens is 423 g/mol. The molecule has 10 heteroatoms. The predicted molar refractivity (Wildman–Crippen MR) is 111 cm³/mol. The summed E-state index contributed by atoms with van der Waals surface area (Å²) in [6, 6.07) is 7.62. The van der Waals surface area contributed by atoms with E-state index in [1.807, 2.05) is 0 Å². The normalized spacial score (nSPS) is 14.6. The molecule has 1 N–H and O–H groups in total. The Balaban J connectivity index is 1.31. The average Bonchev–Trinajstić information content (AvgIpc) is 3.55. The van der Waals surface area contributed by atoms with Crippen LogP contribution in [0.25, 0.3) is 0 Å². The number of nitrogens with one attached hydrogen (secondary N) is 1. The van der Waals surface area contributed by atoms with Crippen LogP contribution in [0.2, 0.25) is 0 Å². The number of ketones is 1. The van der Waals surface area contributed by atoms with Gasteiger partial charge in [0, 0.05) is 24.8 Å². The second-order valence-corrected chi connectivity index (χ2v) is 8.04. The molecule has 1 saturated heterocycles. The Morgan fingerprint density at radius 3 is 2.84 bits per heavy atom. The number of nitrogens with zero attached hydrogens (tertiary/aromatic N) is 3. The number of thioether (sulfide) groups is 1. The van der Waals surface area contributed by atoms with Crippen LogP contribution in [-0.2, 0) is 0 Å². The summed E-state index contributed by atoms with van der Waals surface area (Å²) in [5.74, 6) is -0.406. The van der Waals surface area contributed by atoms with E-state index in [-0.39, 0.29) is 34.3 Å². The van der Waals surface area contributed by atoms with Gasteiger partial charge in [0.05, 0.1) is 5.75 Å². The summed E-state index contributed by atoms with van der Waals surface area (Å²) >= 11 is 1.09. The summed E-state index contributed by atoms with van der Waals surface area (Å²) < 4.78 is 24.8. The van der Waals surface area contributed by atoms with Crippen LogP contribution in [0.4, 0.5) is 4.39 Å². The number of carbonyl (C=O) groups is 2. The van der Waals surface area contributed by atoms with Crippen LogP contribution in [0.15, 0.2) is 46.2 Å². The summed E-state index contributed by atoms with van der Waals surface area (Å²) in [7, 11) is 0. The van der Waals surface area contributed by atoms with Crippen molar-refractivity contribution in [1.29, 1.82) is 0 Å². The number of hydrogen-bond acceptors (Lipinski definition) is 7. The molecular formula is C21H21FN4O4S. The van der Waals surface area contributed by atoms with Crippen molar-refractivity contribution >= 4 is 23.5 Å². The average molecular weight is 444 g/mol. The number of aromatic amines is 1. The monoisotopic (exact) mass is 444 g/mol. The summed E-state index contributed by atoms with van der Waals surface area (Å²) in [5.41, 5.74) is 0.834. The molecule has 1 fully saturated rings. The van der Waals surface area contributed by atoms with Crippen molar-refractivity contribution in [1.82, 2.24) is 20.1 Å². The maximum Gasteiger partial charge on any atom is 0.277 e. The van der Waals surface area contributed by atoms with Gasteiger partial charge >= 0.3 is 0 Å². The first kappa shape index (κ1) is 21.1. The molecule has 3 heterocycles. The number of carbonyl (C=O) groups excluding carboxylic acids is 2. The van der Waals surface area contributed by atoms with Gasteiger partial charge in [0.25, 0.3) is 17.0 Å². The number of aromatic nitrogens is 3. The molecule has 0 aliphatic carbocycles. The predicted octanol–water partition coefficient (Wildman–Crippen LogP) is 3.89. The van der Waals surface area contributed by atoms with Gasteiger partial charge in [-0.15, -0.1) is 10.2 Å². The summed E-state index contributed by atoms with van der Waals surface area (Å²) in [4.78, 5) is 29.5. The van der Waals surface area contributed by atoms with Crippen LogP contribution in [0.5, 0.6) is 5.75 Å². The van der Waals surface area contributed by atoms with Crippen LogP contribution < -0.4 is 4.74 Å². The highest BCUT2D eigenvalue weighted by Gasteiger charge is 2.22. The van der Waals surface area contributed by atoms with Gasteiger partial charge in [-0.05, 0) is 38.0 Å². The number of halogens is 1. The fraction of sp³-hybridized carbons (Fsp3) is 0.333. The van der Waals surface area contributed by atoms with Gasteiger partial charge in [0.2, 0.25) is 0 Å². The minimum absolute atomic E-state index is 0.0688. The second kappa shape index (κ2) is 9.34. The van der Waals surface area contributed by atoms with Gasteiger partial charge in [-0.1, -0.05) is 23.9 Å². The zero-order valence-corrected chi connectivity index (χ0v) is 17.7. The van der Waals surface area contributed by atoms with E-state index in [0.717, 1.165) is 37.7 Å². The second-order valence-electron chi connectivity index (χ2n) is 7.11. The highest BCUT2D eigenvalue weighted by Crippen LogP contribution is 2.26. The minimum Gasteiger partial charge on any atom is -0.478 e. The third kappa shape index (κ3) is 4.96. The van der Waals surface area contributed by atoms with Crippen molar-refractivity contribution in [3.8, 4) is 5.75 Å². The van der Waals surface area contributed by atoms with Crippen molar-refractivity contribution in [2.45, 2.75) is 31.1 Å². The maximum absolute atomic E-state index is 13.7. The fourth-order valence-corrected chi connectivity index (χ4v) is 3.87.